The van der Waals surface area contributed by atoms with Crippen LogP contribution >= 0.6 is 0 Å². The molecule has 5 nitrogen and oxygen atoms in total. The molecule has 0 radical (unpaired) electrons. The lowest BCUT2D eigenvalue weighted by Gasteiger charge is -2.38. The molecule has 1 saturated heterocycles. The third kappa shape index (κ3) is 3.28. The highest BCUT2D eigenvalue weighted by atomic mass is 16.1. The predicted molar refractivity (Wildman–Crippen MR) is 80.8 cm³/mol. The Morgan fingerprint density at radius 3 is 3.10 bits per heavy atom. The second kappa shape index (κ2) is 6.70. The lowest BCUT2D eigenvalue weighted by atomic mass is 9.87. The fourth-order valence-corrected chi connectivity index (χ4v) is 2.68. The molecule has 110 valence electrons. The molecular formula is C15H24N4O. The standard InChI is InChI=1S/C15H24N4O/c1-3-17-15(20)14-8-13(4-6-18-14)19-7-5-11(2)12(9-16)10-19/h4,6,8,11-12H,3,5,7,9-10,16H2,1-2H3,(H,17,20). The van der Waals surface area contributed by atoms with Gasteiger partial charge < -0.3 is 16.0 Å². The summed E-state index contributed by atoms with van der Waals surface area (Å²) >= 11 is 0. The fourth-order valence-electron chi connectivity index (χ4n) is 2.68. The van der Waals surface area contributed by atoms with E-state index in [0.29, 0.717) is 30.6 Å². The molecule has 3 N–H and O–H groups in total. The molecule has 1 aromatic rings. The van der Waals surface area contributed by atoms with E-state index in [0.717, 1.165) is 25.2 Å². The van der Waals surface area contributed by atoms with Gasteiger partial charge in [-0.15, -0.1) is 0 Å². The van der Waals surface area contributed by atoms with Crippen molar-refractivity contribution in [2.24, 2.45) is 17.6 Å². The van der Waals surface area contributed by atoms with Gasteiger partial charge in [0.05, 0.1) is 0 Å². The zero-order chi connectivity index (χ0) is 14.5. The van der Waals surface area contributed by atoms with Gasteiger partial charge in [0, 0.05) is 31.5 Å². The van der Waals surface area contributed by atoms with Crippen molar-refractivity contribution in [1.82, 2.24) is 10.3 Å². The molecular weight excluding hydrogens is 252 g/mol. The molecule has 2 unspecified atom stereocenters. The number of nitrogens with one attached hydrogen (secondary N) is 1. The van der Waals surface area contributed by atoms with Crippen LogP contribution in [0.25, 0.3) is 0 Å². The zero-order valence-corrected chi connectivity index (χ0v) is 12.3. The van der Waals surface area contributed by atoms with Crippen molar-refractivity contribution in [2.75, 3.05) is 31.1 Å². The number of hydrogen-bond donors (Lipinski definition) is 2. The van der Waals surface area contributed by atoms with Crippen LogP contribution in [-0.2, 0) is 0 Å². The van der Waals surface area contributed by atoms with Gasteiger partial charge in [0.1, 0.15) is 5.69 Å². The molecule has 2 rings (SSSR count). The van der Waals surface area contributed by atoms with Crippen LogP contribution in [0.3, 0.4) is 0 Å². The molecule has 0 aliphatic carbocycles. The summed E-state index contributed by atoms with van der Waals surface area (Å²) < 4.78 is 0. The second-order valence-electron chi connectivity index (χ2n) is 5.47. The summed E-state index contributed by atoms with van der Waals surface area (Å²) in [5.41, 5.74) is 7.39. The minimum atomic E-state index is -0.116. The second-order valence-corrected chi connectivity index (χ2v) is 5.47. The van der Waals surface area contributed by atoms with Crippen LogP contribution in [0, 0.1) is 11.8 Å². The molecule has 1 amide bonds. The molecule has 1 fully saturated rings. The van der Waals surface area contributed by atoms with Crippen molar-refractivity contribution in [3.8, 4) is 0 Å². The smallest absolute Gasteiger partial charge is 0.269 e. The van der Waals surface area contributed by atoms with Crippen molar-refractivity contribution in [3.63, 3.8) is 0 Å². The Hall–Kier alpha value is -1.62. The van der Waals surface area contributed by atoms with Gasteiger partial charge in [-0.3, -0.25) is 9.78 Å². The molecule has 0 aromatic carbocycles. The maximum absolute atomic E-state index is 11.8. The normalized spacial score (nSPS) is 22.6. The highest BCUT2D eigenvalue weighted by molar-refractivity contribution is 5.93. The minimum absolute atomic E-state index is 0.116. The molecule has 0 bridgehead atoms. The Morgan fingerprint density at radius 2 is 2.40 bits per heavy atom. The first-order chi connectivity index (χ1) is 9.65. The highest BCUT2D eigenvalue weighted by Crippen LogP contribution is 2.26. The van der Waals surface area contributed by atoms with E-state index in [-0.39, 0.29) is 5.91 Å². The van der Waals surface area contributed by atoms with Gasteiger partial charge in [-0.2, -0.15) is 0 Å². The van der Waals surface area contributed by atoms with Gasteiger partial charge in [-0.25, -0.2) is 0 Å². The number of hydrogen-bond acceptors (Lipinski definition) is 4. The Kier molecular flexibility index (Phi) is 4.95. The number of rotatable bonds is 4. The van der Waals surface area contributed by atoms with Crippen LogP contribution in [0.1, 0.15) is 30.8 Å². The van der Waals surface area contributed by atoms with Gasteiger partial charge >= 0.3 is 0 Å². The van der Waals surface area contributed by atoms with Crippen LogP contribution in [0.15, 0.2) is 18.3 Å². The largest absolute Gasteiger partial charge is 0.371 e. The van der Waals surface area contributed by atoms with E-state index in [2.05, 4.69) is 22.1 Å². The summed E-state index contributed by atoms with van der Waals surface area (Å²) in [6, 6.07) is 3.83. The molecule has 20 heavy (non-hydrogen) atoms. The topological polar surface area (TPSA) is 71.2 Å². The number of nitrogens with two attached hydrogens (primary N) is 1. The van der Waals surface area contributed by atoms with Gasteiger partial charge in [0.15, 0.2) is 0 Å². The summed E-state index contributed by atoms with van der Waals surface area (Å²) in [6.45, 7) is 7.46. The molecule has 5 heteroatoms. The number of nitrogens with zero attached hydrogens (tertiary/aromatic N) is 2. The lowest BCUT2D eigenvalue weighted by Crippen LogP contribution is -2.42. The Balaban J connectivity index is 2.12. The van der Waals surface area contributed by atoms with E-state index in [9.17, 15) is 4.79 Å². The SMILES string of the molecule is CCNC(=O)c1cc(N2CCC(C)C(CN)C2)ccn1. The number of piperidine rings is 1. The first-order valence-corrected chi connectivity index (χ1v) is 7.35. The Morgan fingerprint density at radius 1 is 1.60 bits per heavy atom. The Bertz CT molecular complexity index is 463. The van der Waals surface area contributed by atoms with Crippen LogP contribution in [0.5, 0.6) is 0 Å². The van der Waals surface area contributed by atoms with Crippen molar-refractivity contribution >= 4 is 11.6 Å². The number of anilines is 1. The maximum Gasteiger partial charge on any atom is 0.269 e. The zero-order valence-electron chi connectivity index (χ0n) is 12.3. The van der Waals surface area contributed by atoms with Gasteiger partial charge in [0.25, 0.3) is 5.91 Å². The molecule has 1 aromatic heterocycles. The first-order valence-electron chi connectivity index (χ1n) is 7.35. The summed E-state index contributed by atoms with van der Waals surface area (Å²) in [5, 5.41) is 2.78. The van der Waals surface area contributed by atoms with Crippen molar-refractivity contribution < 1.29 is 4.79 Å². The summed E-state index contributed by atoms with van der Waals surface area (Å²) in [4.78, 5) is 18.3. The maximum atomic E-state index is 11.8. The van der Waals surface area contributed by atoms with Crippen LogP contribution < -0.4 is 16.0 Å². The van der Waals surface area contributed by atoms with E-state index in [4.69, 9.17) is 5.73 Å². The number of pyridine rings is 1. The number of amides is 1. The van der Waals surface area contributed by atoms with Crippen molar-refractivity contribution in [2.45, 2.75) is 20.3 Å². The number of carbonyl (C=O) groups is 1. The number of carbonyl (C=O) groups excluding carboxylic acids is 1. The van der Waals surface area contributed by atoms with Crippen molar-refractivity contribution in [3.05, 3.63) is 24.0 Å². The van der Waals surface area contributed by atoms with Crippen LogP contribution in [0.4, 0.5) is 5.69 Å². The first kappa shape index (κ1) is 14.8. The summed E-state index contributed by atoms with van der Waals surface area (Å²) in [7, 11) is 0. The average Bonchev–Trinajstić information content (AvgIpc) is 2.48. The van der Waals surface area contributed by atoms with E-state index >= 15 is 0 Å². The van der Waals surface area contributed by atoms with Crippen LogP contribution in [-0.4, -0.2) is 37.1 Å². The predicted octanol–water partition coefficient (Wildman–Crippen LogP) is 1.25. The quantitative estimate of drug-likeness (QED) is 0.868. The number of aromatic nitrogens is 1. The average molecular weight is 276 g/mol. The molecule has 2 heterocycles. The van der Waals surface area contributed by atoms with E-state index in [1.165, 1.54) is 0 Å². The Labute approximate surface area is 120 Å². The minimum Gasteiger partial charge on any atom is -0.371 e. The molecule has 2 atom stereocenters. The monoisotopic (exact) mass is 276 g/mol. The van der Waals surface area contributed by atoms with Crippen LogP contribution in [0.2, 0.25) is 0 Å². The van der Waals surface area contributed by atoms with E-state index in [1.807, 2.05) is 19.1 Å². The fraction of sp³-hybridized carbons (Fsp3) is 0.600. The summed E-state index contributed by atoms with van der Waals surface area (Å²) in [5.74, 6) is 1.07. The summed E-state index contributed by atoms with van der Waals surface area (Å²) in [6.07, 6.45) is 2.84. The van der Waals surface area contributed by atoms with Gasteiger partial charge in [-0.1, -0.05) is 6.92 Å². The lowest BCUT2D eigenvalue weighted by molar-refractivity contribution is 0.0951. The molecule has 1 aliphatic heterocycles. The molecule has 0 spiro atoms. The van der Waals surface area contributed by atoms with E-state index < -0.39 is 0 Å². The third-order valence-electron chi connectivity index (χ3n) is 4.10. The molecule has 1 aliphatic rings. The molecule has 0 saturated carbocycles. The van der Waals surface area contributed by atoms with Gasteiger partial charge in [0.2, 0.25) is 0 Å². The highest BCUT2D eigenvalue weighted by Gasteiger charge is 2.25. The van der Waals surface area contributed by atoms with Gasteiger partial charge in [-0.05, 0) is 43.9 Å². The third-order valence-corrected chi connectivity index (χ3v) is 4.10. The van der Waals surface area contributed by atoms with E-state index in [1.54, 1.807) is 6.20 Å². The van der Waals surface area contributed by atoms with Crippen molar-refractivity contribution in [1.29, 1.82) is 0 Å².